The molecule has 0 saturated carbocycles. The van der Waals surface area contributed by atoms with Gasteiger partial charge in [-0.2, -0.15) is 5.26 Å². The van der Waals surface area contributed by atoms with Gasteiger partial charge in [-0.15, -0.1) is 0 Å². The Morgan fingerprint density at radius 1 is 1.44 bits per heavy atom. The lowest BCUT2D eigenvalue weighted by Gasteiger charge is -2.15. The molecule has 1 saturated heterocycles. The van der Waals surface area contributed by atoms with E-state index in [1.807, 2.05) is 0 Å². The molecule has 1 aliphatic rings. The van der Waals surface area contributed by atoms with Crippen LogP contribution in [0, 0.1) is 11.3 Å². The molecule has 1 aromatic heterocycles. The Morgan fingerprint density at radius 2 is 2.25 bits per heavy atom. The summed E-state index contributed by atoms with van der Waals surface area (Å²) >= 11 is 0. The highest BCUT2D eigenvalue weighted by Gasteiger charge is 2.10. The quantitative estimate of drug-likeness (QED) is 0.828. The van der Waals surface area contributed by atoms with E-state index in [4.69, 9.17) is 5.26 Å². The van der Waals surface area contributed by atoms with Crippen molar-refractivity contribution in [2.45, 2.75) is 12.8 Å². The Labute approximate surface area is 95.9 Å². The number of rotatable bonds is 4. The lowest BCUT2D eigenvalue weighted by molar-refractivity contribution is 0.352. The van der Waals surface area contributed by atoms with Crippen molar-refractivity contribution in [2.24, 2.45) is 0 Å². The van der Waals surface area contributed by atoms with Crippen molar-refractivity contribution in [2.75, 3.05) is 31.5 Å². The first-order valence-corrected chi connectivity index (χ1v) is 5.71. The van der Waals surface area contributed by atoms with E-state index in [-0.39, 0.29) is 0 Å². The normalized spacial score (nSPS) is 15.9. The zero-order valence-electron chi connectivity index (χ0n) is 9.32. The fourth-order valence-electron chi connectivity index (χ4n) is 1.98. The molecule has 1 aromatic rings. The smallest absolute Gasteiger partial charge is 0.143 e. The number of likely N-dealkylation sites (tertiary alicyclic amines) is 1. The van der Waals surface area contributed by atoms with E-state index in [9.17, 15) is 0 Å². The average Bonchev–Trinajstić information content (AvgIpc) is 2.83. The number of hydrogen-bond acceptors (Lipinski definition) is 4. The van der Waals surface area contributed by atoms with Gasteiger partial charge in [0.25, 0.3) is 0 Å². The van der Waals surface area contributed by atoms with Gasteiger partial charge in [-0.05, 0) is 38.1 Å². The van der Waals surface area contributed by atoms with Crippen LogP contribution in [0.2, 0.25) is 0 Å². The molecule has 0 atom stereocenters. The molecule has 0 unspecified atom stereocenters. The van der Waals surface area contributed by atoms with Crippen LogP contribution in [0.1, 0.15) is 18.4 Å². The molecule has 0 amide bonds. The van der Waals surface area contributed by atoms with Gasteiger partial charge in [0.05, 0.1) is 5.56 Å². The lowest BCUT2D eigenvalue weighted by atomic mass is 10.3. The van der Waals surface area contributed by atoms with E-state index < -0.39 is 0 Å². The van der Waals surface area contributed by atoms with E-state index in [1.54, 1.807) is 18.3 Å². The van der Waals surface area contributed by atoms with Crippen LogP contribution in [0.4, 0.5) is 5.82 Å². The Morgan fingerprint density at radius 3 is 3.00 bits per heavy atom. The Hall–Kier alpha value is -1.60. The average molecular weight is 216 g/mol. The Bertz CT molecular complexity index is 377. The molecule has 16 heavy (non-hydrogen) atoms. The highest BCUT2D eigenvalue weighted by Crippen LogP contribution is 2.10. The maximum atomic E-state index is 8.89. The molecular weight excluding hydrogens is 200 g/mol. The molecule has 4 nitrogen and oxygen atoms in total. The summed E-state index contributed by atoms with van der Waals surface area (Å²) in [5.41, 5.74) is 0.615. The van der Waals surface area contributed by atoms with Crippen LogP contribution in [0.15, 0.2) is 18.3 Å². The minimum Gasteiger partial charge on any atom is -0.368 e. The number of nitriles is 1. The molecule has 0 aliphatic carbocycles. The molecule has 1 aliphatic heterocycles. The van der Waals surface area contributed by atoms with E-state index >= 15 is 0 Å². The van der Waals surface area contributed by atoms with Crippen molar-refractivity contribution in [3.05, 3.63) is 23.9 Å². The molecule has 1 N–H and O–H groups in total. The van der Waals surface area contributed by atoms with Gasteiger partial charge in [0.15, 0.2) is 0 Å². The van der Waals surface area contributed by atoms with E-state index in [1.165, 1.54) is 25.9 Å². The topological polar surface area (TPSA) is 52.0 Å². The summed E-state index contributed by atoms with van der Waals surface area (Å²) in [6.07, 6.45) is 4.33. The van der Waals surface area contributed by atoms with Crippen LogP contribution in [0.5, 0.6) is 0 Å². The molecule has 2 heterocycles. The van der Waals surface area contributed by atoms with Crippen molar-refractivity contribution in [3.8, 4) is 6.07 Å². The lowest BCUT2D eigenvalue weighted by Crippen LogP contribution is -2.26. The van der Waals surface area contributed by atoms with Crippen LogP contribution in [0.25, 0.3) is 0 Å². The van der Waals surface area contributed by atoms with Crippen molar-refractivity contribution in [1.82, 2.24) is 9.88 Å². The SMILES string of the molecule is N#Cc1cccnc1NCCN1CCCC1. The zero-order valence-corrected chi connectivity index (χ0v) is 9.32. The molecule has 4 heteroatoms. The summed E-state index contributed by atoms with van der Waals surface area (Å²) in [4.78, 5) is 6.59. The standard InChI is InChI=1S/C12H16N4/c13-10-11-4-3-5-14-12(11)15-6-9-16-7-1-2-8-16/h3-5H,1-2,6-9H2,(H,14,15). The second-order valence-electron chi connectivity index (χ2n) is 3.99. The van der Waals surface area contributed by atoms with Gasteiger partial charge in [0.1, 0.15) is 11.9 Å². The van der Waals surface area contributed by atoms with Crippen LogP contribution in [0.3, 0.4) is 0 Å². The number of aromatic nitrogens is 1. The van der Waals surface area contributed by atoms with Gasteiger partial charge in [0, 0.05) is 19.3 Å². The fraction of sp³-hybridized carbons (Fsp3) is 0.500. The summed E-state index contributed by atoms with van der Waals surface area (Å²) < 4.78 is 0. The summed E-state index contributed by atoms with van der Waals surface area (Å²) in [5, 5.41) is 12.1. The van der Waals surface area contributed by atoms with Crippen LogP contribution in [-0.2, 0) is 0 Å². The third kappa shape index (κ3) is 2.71. The molecule has 2 rings (SSSR count). The highest BCUT2D eigenvalue weighted by atomic mass is 15.2. The van der Waals surface area contributed by atoms with Crippen molar-refractivity contribution >= 4 is 5.82 Å². The number of pyridine rings is 1. The molecule has 0 spiro atoms. The van der Waals surface area contributed by atoms with Crippen LogP contribution < -0.4 is 5.32 Å². The minimum atomic E-state index is 0.615. The van der Waals surface area contributed by atoms with Crippen molar-refractivity contribution in [1.29, 1.82) is 5.26 Å². The van der Waals surface area contributed by atoms with Gasteiger partial charge >= 0.3 is 0 Å². The number of anilines is 1. The maximum absolute atomic E-state index is 8.89. The second kappa shape index (κ2) is 5.47. The number of nitrogens with zero attached hydrogens (tertiary/aromatic N) is 3. The van der Waals surface area contributed by atoms with Gasteiger partial charge in [-0.1, -0.05) is 0 Å². The Balaban J connectivity index is 1.82. The summed E-state index contributed by atoms with van der Waals surface area (Å²) in [7, 11) is 0. The first-order chi connectivity index (χ1) is 7.90. The maximum Gasteiger partial charge on any atom is 0.143 e. The van der Waals surface area contributed by atoms with Crippen LogP contribution >= 0.6 is 0 Å². The zero-order chi connectivity index (χ0) is 11.2. The molecule has 0 radical (unpaired) electrons. The predicted octanol–water partition coefficient (Wildman–Crippen LogP) is 1.46. The molecule has 0 bridgehead atoms. The molecule has 0 aromatic carbocycles. The predicted molar refractivity (Wildman–Crippen MR) is 63.1 cm³/mol. The third-order valence-electron chi connectivity index (χ3n) is 2.85. The third-order valence-corrected chi connectivity index (χ3v) is 2.85. The van der Waals surface area contributed by atoms with E-state index in [0.29, 0.717) is 11.4 Å². The Kier molecular flexibility index (Phi) is 3.73. The van der Waals surface area contributed by atoms with Gasteiger partial charge in [0.2, 0.25) is 0 Å². The van der Waals surface area contributed by atoms with E-state index in [2.05, 4.69) is 21.3 Å². The summed E-state index contributed by atoms with van der Waals surface area (Å²) in [6.45, 7) is 4.29. The van der Waals surface area contributed by atoms with Crippen LogP contribution in [-0.4, -0.2) is 36.1 Å². The van der Waals surface area contributed by atoms with Gasteiger partial charge < -0.3 is 10.2 Å². The minimum absolute atomic E-state index is 0.615. The van der Waals surface area contributed by atoms with Crippen molar-refractivity contribution in [3.63, 3.8) is 0 Å². The molecule has 1 fully saturated rings. The molecule has 84 valence electrons. The summed E-state index contributed by atoms with van der Waals surface area (Å²) in [6, 6.07) is 5.70. The molecular formula is C12H16N4. The largest absolute Gasteiger partial charge is 0.368 e. The van der Waals surface area contributed by atoms with E-state index in [0.717, 1.165) is 13.1 Å². The second-order valence-corrected chi connectivity index (χ2v) is 3.99. The van der Waals surface area contributed by atoms with Gasteiger partial charge in [-0.3, -0.25) is 0 Å². The van der Waals surface area contributed by atoms with Gasteiger partial charge in [-0.25, -0.2) is 4.98 Å². The fourth-order valence-corrected chi connectivity index (χ4v) is 1.98. The number of nitrogens with one attached hydrogen (secondary N) is 1. The van der Waals surface area contributed by atoms with Crippen molar-refractivity contribution < 1.29 is 0 Å². The monoisotopic (exact) mass is 216 g/mol. The number of hydrogen-bond donors (Lipinski definition) is 1. The first kappa shape index (κ1) is 10.9. The first-order valence-electron chi connectivity index (χ1n) is 5.71. The summed E-state index contributed by atoms with van der Waals surface area (Å²) in [5.74, 6) is 0.698. The highest BCUT2D eigenvalue weighted by molar-refractivity contribution is 5.51.